The number of benzene rings is 1. The van der Waals surface area contributed by atoms with E-state index in [1.807, 2.05) is 6.92 Å². The molecule has 0 saturated carbocycles. The minimum Gasteiger partial charge on any atom is -0.396 e. The van der Waals surface area contributed by atoms with Crippen LogP contribution in [-0.4, -0.2) is 36.9 Å². The van der Waals surface area contributed by atoms with Crippen LogP contribution in [0.5, 0.6) is 0 Å². The van der Waals surface area contributed by atoms with E-state index in [1.165, 1.54) is 6.07 Å². The maximum atomic E-state index is 11.5. The van der Waals surface area contributed by atoms with E-state index in [2.05, 4.69) is 5.32 Å². The number of nitrogens with two attached hydrogens (primary N) is 1. The minimum absolute atomic E-state index is 0.115. The third-order valence-corrected chi connectivity index (χ3v) is 4.89. The van der Waals surface area contributed by atoms with Crippen LogP contribution >= 0.6 is 0 Å². The van der Waals surface area contributed by atoms with E-state index in [4.69, 9.17) is 5.73 Å². The Balaban J connectivity index is 2.82. The summed E-state index contributed by atoms with van der Waals surface area (Å²) < 4.78 is 34.2. The number of para-hydroxylation sites is 1. The maximum absolute atomic E-state index is 11.5. The lowest BCUT2D eigenvalue weighted by Crippen LogP contribution is -2.14. The second-order valence-corrected chi connectivity index (χ2v) is 7.70. The van der Waals surface area contributed by atoms with Crippen molar-refractivity contribution in [1.29, 1.82) is 0 Å². The number of anilines is 2. The van der Waals surface area contributed by atoms with E-state index >= 15 is 0 Å². The van der Waals surface area contributed by atoms with Crippen molar-refractivity contribution in [2.75, 3.05) is 35.4 Å². The number of sulfone groups is 1. The normalized spacial score (nSPS) is 13.2. The Morgan fingerprint density at radius 2 is 2.06 bits per heavy atom. The topological polar surface area (TPSA) is 89.3 Å². The third kappa shape index (κ3) is 3.99. The zero-order valence-corrected chi connectivity index (χ0v) is 12.1. The van der Waals surface area contributed by atoms with Gasteiger partial charge in [0, 0.05) is 35.1 Å². The van der Waals surface area contributed by atoms with Crippen molar-refractivity contribution < 1.29 is 12.6 Å². The first kappa shape index (κ1) is 15.0. The van der Waals surface area contributed by atoms with Crippen molar-refractivity contribution in [3.05, 3.63) is 18.2 Å². The fourth-order valence-electron chi connectivity index (χ4n) is 1.47. The molecule has 0 fully saturated rings. The molecule has 0 aliphatic heterocycles. The molecule has 102 valence electrons. The lowest BCUT2D eigenvalue weighted by atomic mass is 10.2. The molecule has 1 aromatic carbocycles. The highest BCUT2D eigenvalue weighted by Gasteiger charge is 2.13. The largest absolute Gasteiger partial charge is 0.396 e. The lowest BCUT2D eigenvalue weighted by Gasteiger charge is -2.11. The summed E-state index contributed by atoms with van der Waals surface area (Å²) in [6, 6.07) is 4.81. The molecule has 0 aliphatic rings. The Kier molecular flexibility index (Phi) is 5.15. The van der Waals surface area contributed by atoms with Gasteiger partial charge in [-0.25, -0.2) is 8.42 Å². The quantitative estimate of drug-likeness (QED) is 0.758. The standard InChI is InChI=1S/C11H18N2O3S2/c1-3-17(14)8-7-13-9-5-4-6-10(11(9)12)18(2,15)16/h4-6,13H,3,7-8,12H2,1-2H3. The lowest BCUT2D eigenvalue weighted by molar-refractivity contribution is 0.602. The molecule has 0 bridgehead atoms. The Hall–Kier alpha value is -1.08. The number of nitrogens with one attached hydrogen (secondary N) is 1. The molecule has 5 nitrogen and oxygen atoms in total. The molecule has 0 aliphatic carbocycles. The van der Waals surface area contributed by atoms with Crippen LogP contribution in [0.1, 0.15) is 6.92 Å². The highest BCUT2D eigenvalue weighted by Crippen LogP contribution is 2.26. The average Bonchev–Trinajstić information content (AvgIpc) is 2.29. The molecule has 0 spiro atoms. The van der Waals surface area contributed by atoms with Gasteiger partial charge in [0.15, 0.2) is 9.84 Å². The summed E-state index contributed by atoms with van der Waals surface area (Å²) in [5.74, 6) is 1.12. The second-order valence-electron chi connectivity index (χ2n) is 3.85. The third-order valence-electron chi connectivity index (χ3n) is 2.43. The van der Waals surface area contributed by atoms with Gasteiger partial charge >= 0.3 is 0 Å². The van der Waals surface area contributed by atoms with Gasteiger partial charge in [0.25, 0.3) is 0 Å². The zero-order chi connectivity index (χ0) is 13.8. The number of hydrogen-bond donors (Lipinski definition) is 2. The van der Waals surface area contributed by atoms with Crippen LogP contribution < -0.4 is 11.1 Å². The van der Waals surface area contributed by atoms with Crippen molar-refractivity contribution in [2.45, 2.75) is 11.8 Å². The summed E-state index contributed by atoms with van der Waals surface area (Å²) in [5, 5.41) is 3.01. The molecule has 1 aromatic rings. The van der Waals surface area contributed by atoms with Gasteiger partial charge in [-0.15, -0.1) is 0 Å². The highest BCUT2D eigenvalue weighted by molar-refractivity contribution is 7.90. The summed E-state index contributed by atoms with van der Waals surface area (Å²) in [6.07, 6.45) is 1.12. The average molecular weight is 290 g/mol. The first-order valence-electron chi connectivity index (χ1n) is 5.53. The summed E-state index contributed by atoms with van der Waals surface area (Å²) >= 11 is 0. The minimum atomic E-state index is -3.33. The number of rotatable bonds is 6. The molecule has 1 atom stereocenters. The SMILES string of the molecule is CCS(=O)CCNc1cccc(S(C)(=O)=O)c1N. The zero-order valence-electron chi connectivity index (χ0n) is 10.5. The molecule has 0 heterocycles. The predicted octanol–water partition coefficient (Wildman–Crippen LogP) is 0.853. The van der Waals surface area contributed by atoms with E-state index in [-0.39, 0.29) is 10.6 Å². The van der Waals surface area contributed by atoms with Crippen molar-refractivity contribution >= 4 is 32.0 Å². The van der Waals surface area contributed by atoms with Crippen LogP contribution in [0.2, 0.25) is 0 Å². The molecular weight excluding hydrogens is 272 g/mol. The molecular formula is C11H18N2O3S2. The second kappa shape index (κ2) is 6.19. The molecule has 0 amide bonds. The van der Waals surface area contributed by atoms with E-state index in [1.54, 1.807) is 12.1 Å². The molecule has 1 unspecified atom stereocenters. The van der Waals surface area contributed by atoms with Crippen LogP contribution in [0.15, 0.2) is 23.1 Å². The fourth-order valence-corrected chi connectivity index (χ4v) is 2.92. The Morgan fingerprint density at radius 3 is 2.61 bits per heavy atom. The summed E-state index contributed by atoms with van der Waals surface area (Å²) in [7, 11) is -4.18. The molecule has 7 heteroatoms. The molecule has 0 aromatic heterocycles. The predicted molar refractivity (Wildman–Crippen MR) is 76.0 cm³/mol. The maximum Gasteiger partial charge on any atom is 0.177 e. The van der Waals surface area contributed by atoms with Gasteiger partial charge in [0.2, 0.25) is 0 Å². The monoisotopic (exact) mass is 290 g/mol. The molecule has 1 rings (SSSR count). The fraction of sp³-hybridized carbons (Fsp3) is 0.455. The van der Waals surface area contributed by atoms with Gasteiger partial charge in [-0.3, -0.25) is 4.21 Å². The molecule has 0 saturated heterocycles. The summed E-state index contributed by atoms with van der Waals surface area (Å²) in [6.45, 7) is 2.35. The Labute approximate surface area is 110 Å². The van der Waals surface area contributed by atoms with E-state index in [9.17, 15) is 12.6 Å². The van der Waals surface area contributed by atoms with Crippen molar-refractivity contribution in [1.82, 2.24) is 0 Å². The smallest absolute Gasteiger partial charge is 0.177 e. The Bertz CT molecular complexity index is 541. The first-order valence-corrected chi connectivity index (χ1v) is 8.91. The van der Waals surface area contributed by atoms with Crippen LogP contribution in [0.25, 0.3) is 0 Å². The van der Waals surface area contributed by atoms with Crippen molar-refractivity contribution in [3.63, 3.8) is 0 Å². The highest BCUT2D eigenvalue weighted by atomic mass is 32.2. The van der Waals surface area contributed by atoms with Gasteiger partial charge in [0.1, 0.15) is 0 Å². The van der Waals surface area contributed by atoms with Gasteiger partial charge in [-0.1, -0.05) is 13.0 Å². The van der Waals surface area contributed by atoms with E-state index in [0.717, 1.165) is 6.26 Å². The van der Waals surface area contributed by atoms with Crippen LogP contribution in [0.4, 0.5) is 11.4 Å². The van der Waals surface area contributed by atoms with E-state index < -0.39 is 20.6 Å². The first-order chi connectivity index (χ1) is 8.36. The van der Waals surface area contributed by atoms with Crippen molar-refractivity contribution in [3.8, 4) is 0 Å². The van der Waals surface area contributed by atoms with Crippen LogP contribution in [0, 0.1) is 0 Å². The number of hydrogen-bond acceptors (Lipinski definition) is 5. The van der Waals surface area contributed by atoms with Gasteiger partial charge in [0.05, 0.1) is 16.3 Å². The molecule has 0 radical (unpaired) electrons. The molecule has 3 N–H and O–H groups in total. The van der Waals surface area contributed by atoms with Crippen LogP contribution in [0.3, 0.4) is 0 Å². The summed E-state index contributed by atoms with van der Waals surface area (Å²) in [5.41, 5.74) is 6.57. The van der Waals surface area contributed by atoms with Gasteiger partial charge < -0.3 is 11.1 Å². The Morgan fingerprint density at radius 1 is 1.39 bits per heavy atom. The van der Waals surface area contributed by atoms with Gasteiger partial charge in [-0.05, 0) is 12.1 Å². The number of nitrogen functional groups attached to an aromatic ring is 1. The molecule has 18 heavy (non-hydrogen) atoms. The van der Waals surface area contributed by atoms with E-state index in [0.29, 0.717) is 23.7 Å². The summed E-state index contributed by atoms with van der Waals surface area (Å²) in [4.78, 5) is 0.115. The van der Waals surface area contributed by atoms with Crippen molar-refractivity contribution in [2.24, 2.45) is 0 Å². The van der Waals surface area contributed by atoms with Gasteiger partial charge in [-0.2, -0.15) is 0 Å². The van der Waals surface area contributed by atoms with Crippen LogP contribution in [-0.2, 0) is 20.6 Å².